The molecule has 0 aromatic carbocycles. The first-order valence-corrected chi connectivity index (χ1v) is 5.42. The van der Waals surface area contributed by atoms with Crippen molar-refractivity contribution in [2.24, 2.45) is 5.92 Å². The Morgan fingerprint density at radius 3 is 1.90 bits per heavy atom. The highest BCUT2D eigenvalue weighted by Gasteiger charge is 2.76. The standard InChI is InChI=1S/C11H13F7O2/c1-4-8(19)20-7(5-6(2)3)9(12,13)10(14,15)11(16,17)18/h4,6-7H,1,5H2,2-3H3. The monoisotopic (exact) mass is 310 g/mol. The van der Waals surface area contributed by atoms with Crippen molar-refractivity contribution in [2.45, 2.75) is 44.4 Å². The predicted molar refractivity (Wildman–Crippen MR) is 55.5 cm³/mol. The highest BCUT2D eigenvalue weighted by molar-refractivity contribution is 5.81. The van der Waals surface area contributed by atoms with Crippen LogP contribution in [-0.2, 0) is 9.53 Å². The van der Waals surface area contributed by atoms with Crippen LogP contribution in [0, 0.1) is 5.92 Å². The van der Waals surface area contributed by atoms with Gasteiger partial charge in [-0.15, -0.1) is 0 Å². The number of esters is 1. The minimum atomic E-state index is -6.47. The molecule has 20 heavy (non-hydrogen) atoms. The minimum absolute atomic E-state index is 0.398. The molecule has 0 saturated carbocycles. The summed E-state index contributed by atoms with van der Waals surface area (Å²) in [5.74, 6) is -14.1. The molecule has 1 atom stereocenters. The van der Waals surface area contributed by atoms with Gasteiger partial charge in [-0.2, -0.15) is 30.7 Å². The zero-order valence-corrected chi connectivity index (χ0v) is 10.6. The fourth-order valence-corrected chi connectivity index (χ4v) is 1.28. The number of hydrogen-bond donors (Lipinski definition) is 0. The average Bonchev–Trinajstić information content (AvgIpc) is 2.25. The van der Waals surface area contributed by atoms with Gasteiger partial charge in [-0.1, -0.05) is 20.4 Å². The van der Waals surface area contributed by atoms with Crippen molar-refractivity contribution in [1.82, 2.24) is 0 Å². The van der Waals surface area contributed by atoms with Crippen LogP contribution in [0.4, 0.5) is 30.7 Å². The summed E-state index contributed by atoms with van der Waals surface area (Å²) >= 11 is 0. The second kappa shape index (κ2) is 6.01. The number of alkyl halides is 7. The van der Waals surface area contributed by atoms with Crippen molar-refractivity contribution in [2.75, 3.05) is 0 Å². The summed E-state index contributed by atoms with van der Waals surface area (Å²) in [5, 5.41) is 0. The van der Waals surface area contributed by atoms with E-state index in [1.165, 1.54) is 13.8 Å². The second-order valence-electron chi connectivity index (χ2n) is 4.45. The Kier molecular flexibility index (Phi) is 5.62. The van der Waals surface area contributed by atoms with E-state index in [-0.39, 0.29) is 0 Å². The van der Waals surface area contributed by atoms with E-state index in [0.29, 0.717) is 6.08 Å². The average molecular weight is 310 g/mol. The molecule has 0 N–H and O–H groups in total. The number of hydrogen-bond acceptors (Lipinski definition) is 2. The maximum absolute atomic E-state index is 13.4. The molecule has 0 amide bonds. The van der Waals surface area contributed by atoms with Crippen LogP contribution >= 0.6 is 0 Å². The molecule has 2 nitrogen and oxygen atoms in total. The van der Waals surface area contributed by atoms with Gasteiger partial charge in [0.15, 0.2) is 6.10 Å². The maximum atomic E-state index is 13.4. The summed E-state index contributed by atoms with van der Waals surface area (Å²) in [6, 6.07) is 0. The lowest BCUT2D eigenvalue weighted by molar-refractivity contribution is -0.371. The zero-order chi connectivity index (χ0) is 16.4. The smallest absolute Gasteiger partial charge is 0.453 e. The van der Waals surface area contributed by atoms with Gasteiger partial charge in [-0.25, -0.2) is 4.79 Å². The van der Waals surface area contributed by atoms with Crippen molar-refractivity contribution in [1.29, 1.82) is 0 Å². The third-order valence-electron chi connectivity index (χ3n) is 2.29. The Balaban J connectivity index is 5.52. The van der Waals surface area contributed by atoms with Gasteiger partial charge < -0.3 is 4.74 Å². The number of rotatable bonds is 6. The molecule has 0 rings (SSSR count). The van der Waals surface area contributed by atoms with E-state index in [1.807, 2.05) is 0 Å². The van der Waals surface area contributed by atoms with Crippen LogP contribution in [0.5, 0.6) is 0 Å². The van der Waals surface area contributed by atoms with E-state index in [1.54, 1.807) is 0 Å². The number of carbonyl (C=O) groups excluding carboxylic acids is 1. The van der Waals surface area contributed by atoms with E-state index in [9.17, 15) is 35.5 Å². The first kappa shape index (κ1) is 18.7. The van der Waals surface area contributed by atoms with Crippen LogP contribution < -0.4 is 0 Å². The maximum Gasteiger partial charge on any atom is 0.460 e. The summed E-state index contributed by atoms with van der Waals surface area (Å²) in [4.78, 5) is 10.8. The Bertz CT molecular complexity index is 360. The third-order valence-corrected chi connectivity index (χ3v) is 2.29. The molecule has 0 aliphatic rings. The Hall–Kier alpha value is -1.28. The van der Waals surface area contributed by atoms with E-state index in [4.69, 9.17) is 0 Å². The molecule has 0 radical (unpaired) electrons. The van der Waals surface area contributed by atoms with Gasteiger partial charge >= 0.3 is 24.0 Å². The fourth-order valence-electron chi connectivity index (χ4n) is 1.28. The van der Waals surface area contributed by atoms with E-state index in [0.717, 1.165) is 0 Å². The largest absolute Gasteiger partial charge is 0.460 e. The SMILES string of the molecule is C=CC(=O)OC(CC(C)C)C(F)(F)C(F)(F)C(F)(F)F. The van der Waals surface area contributed by atoms with Gasteiger partial charge in [0.25, 0.3) is 0 Å². The Labute approximate surface area is 110 Å². The fraction of sp³-hybridized carbons (Fsp3) is 0.727. The lowest BCUT2D eigenvalue weighted by Gasteiger charge is -2.34. The topological polar surface area (TPSA) is 26.3 Å². The molecule has 9 heteroatoms. The number of carbonyl (C=O) groups is 1. The van der Waals surface area contributed by atoms with Crippen LogP contribution in [0.2, 0.25) is 0 Å². The lowest BCUT2D eigenvalue weighted by Crippen LogP contribution is -2.59. The second-order valence-corrected chi connectivity index (χ2v) is 4.45. The molecule has 0 aromatic rings. The molecular formula is C11H13F7O2. The molecule has 1 unspecified atom stereocenters. The summed E-state index contributed by atoms with van der Waals surface area (Å²) in [7, 11) is 0. The lowest BCUT2D eigenvalue weighted by atomic mass is 9.96. The van der Waals surface area contributed by atoms with Crippen molar-refractivity contribution < 1.29 is 40.3 Å². The van der Waals surface area contributed by atoms with Crippen LogP contribution in [0.25, 0.3) is 0 Å². The van der Waals surface area contributed by atoms with Gasteiger partial charge in [0.1, 0.15) is 0 Å². The minimum Gasteiger partial charge on any atom is -0.453 e. The quantitative estimate of drug-likeness (QED) is 0.422. The Morgan fingerprint density at radius 1 is 1.15 bits per heavy atom. The van der Waals surface area contributed by atoms with Crippen LogP contribution in [-0.4, -0.2) is 30.1 Å². The molecule has 0 fully saturated rings. The van der Waals surface area contributed by atoms with Crippen LogP contribution in [0.3, 0.4) is 0 Å². The van der Waals surface area contributed by atoms with Gasteiger partial charge in [-0.3, -0.25) is 0 Å². The number of halogens is 7. The molecule has 0 aliphatic carbocycles. The van der Waals surface area contributed by atoms with E-state index < -0.39 is 42.4 Å². The van der Waals surface area contributed by atoms with Gasteiger partial charge in [-0.05, 0) is 12.3 Å². The summed E-state index contributed by atoms with van der Waals surface area (Å²) in [6.45, 7) is 5.46. The molecule has 0 aliphatic heterocycles. The first-order valence-electron chi connectivity index (χ1n) is 5.42. The molecule has 0 bridgehead atoms. The van der Waals surface area contributed by atoms with E-state index in [2.05, 4.69) is 11.3 Å². The van der Waals surface area contributed by atoms with Crippen molar-refractivity contribution in [3.05, 3.63) is 12.7 Å². The third kappa shape index (κ3) is 3.86. The summed E-state index contributed by atoms with van der Waals surface area (Å²) in [6.07, 6.45) is -9.84. The van der Waals surface area contributed by atoms with Crippen LogP contribution in [0.1, 0.15) is 20.3 Å². The molecule has 0 heterocycles. The summed E-state index contributed by atoms with van der Waals surface area (Å²) < 4.78 is 92.8. The van der Waals surface area contributed by atoms with Crippen molar-refractivity contribution in [3.63, 3.8) is 0 Å². The summed E-state index contributed by atoms with van der Waals surface area (Å²) in [5.41, 5.74) is 0. The predicted octanol–water partition coefficient (Wildman–Crippen LogP) is 3.96. The molecule has 0 spiro atoms. The van der Waals surface area contributed by atoms with Gasteiger partial charge in [0.2, 0.25) is 0 Å². The molecule has 118 valence electrons. The highest BCUT2D eigenvalue weighted by Crippen LogP contribution is 2.49. The molecule has 0 saturated heterocycles. The first-order chi connectivity index (χ1) is 8.77. The normalized spacial score (nSPS) is 15.1. The zero-order valence-electron chi connectivity index (χ0n) is 10.6. The molecule has 0 aromatic heterocycles. The van der Waals surface area contributed by atoms with Crippen molar-refractivity contribution in [3.8, 4) is 0 Å². The van der Waals surface area contributed by atoms with Crippen LogP contribution in [0.15, 0.2) is 12.7 Å². The van der Waals surface area contributed by atoms with Crippen molar-refractivity contribution >= 4 is 5.97 Å². The van der Waals surface area contributed by atoms with Gasteiger partial charge in [0.05, 0.1) is 0 Å². The van der Waals surface area contributed by atoms with Gasteiger partial charge in [0, 0.05) is 6.08 Å². The number of ether oxygens (including phenoxy) is 1. The molecular weight excluding hydrogens is 297 g/mol. The Morgan fingerprint density at radius 2 is 1.60 bits per heavy atom. The van der Waals surface area contributed by atoms with E-state index >= 15 is 0 Å². The highest BCUT2D eigenvalue weighted by atomic mass is 19.4.